The zero-order valence-corrected chi connectivity index (χ0v) is 8.25. The third-order valence-electron chi connectivity index (χ3n) is 3.47. The van der Waals surface area contributed by atoms with Crippen LogP contribution >= 0.6 is 0 Å². The summed E-state index contributed by atoms with van der Waals surface area (Å²) in [5.74, 6) is -3.96. The predicted molar refractivity (Wildman–Crippen MR) is 51.0 cm³/mol. The molecule has 0 spiro atoms. The third kappa shape index (κ3) is 1.15. The zero-order valence-electron chi connectivity index (χ0n) is 8.25. The second kappa shape index (κ2) is 3.06. The van der Waals surface area contributed by atoms with Gasteiger partial charge in [-0.25, -0.2) is 0 Å². The minimum absolute atomic E-state index is 0.0645. The number of allylic oxidation sites excluding steroid dienone is 1. The van der Waals surface area contributed by atoms with Gasteiger partial charge in [-0.1, -0.05) is 5.57 Å². The molecule has 6 heteroatoms. The third-order valence-corrected chi connectivity index (χ3v) is 3.47. The van der Waals surface area contributed by atoms with E-state index in [4.69, 9.17) is 21.2 Å². The fourth-order valence-corrected chi connectivity index (χ4v) is 2.74. The van der Waals surface area contributed by atoms with Crippen molar-refractivity contribution in [1.29, 1.82) is 5.26 Å². The minimum atomic E-state index is -1.53. The number of hydrogen-bond donors (Lipinski definition) is 3. The maximum Gasteiger partial charge on any atom is 0.324 e. The smallest absolute Gasteiger partial charge is 0.324 e. The van der Waals surface area contributed by atoms with E-state index in [1.54, 1.807) is 6.07 Å². The van der Waals surface area contributed by atoms with E-state index in [9.17, 15) is 9.59 Å². The van der Waals surface area contributed by atoms with Gasteiger partial charge in [0.2, 0.25) is 0 Å². The van der Waals surface area contributed by atoms with Gasteiger partial charge in [0, 0.05) is 17.9 Å². The van der Waals surface area contributed by atoms with Gasteiger partial charge in [0.05, 0.1) is 12.0 Å². The summed E-state index contributed by atoms with van der Waals surface area (Å²) in [7, 11) is 0. The number of nitrogens with two attached hydrogens (primary N) is 1. The molecule has 0 saturated heterocycles. The second-order valence-corrected chi connectivity index (χ2v) is 4.29. The molecule has 0 bridgehead atoms. The predicted octanol–water partition coefficient (Wildman–Crippen LogP) is -0.431. The second-order valence-electron chi connectivity index (χ2n) is 4.29. The summed E-state index contributed by atoms with van der Waals surface area (Å²) in [5.41, 5.74) is 4.74. The van der Waals surface area contributed by atoms with Crippen molar-refractivity contribution in [2.75, 3.05) is 0 Å². The summed E-state index contributed by atoms with van der Waals surface area (Å²) in [4.78, 5) is 21.9. The van der Waals surface area contributed by atoms with Gasteiger partial charge in [-0.05, 0) is 6.42 Å². The molecule has 0 aliphatic heterocycles. The standard InChI is InChI=1S/C10H10N2O4/c11-2-1-4-3-10(12,9(15)16)7-5(4)6(7)8(13)14/h1,5-7H,3,12H2,(H,13,14)(H,15,16)/b4-1+. The first-order valence-electron chi connectivity index (χ1n) is 4.77. The Kier molecular flexibility index (Phi) is 2.03. The van der Waals surface area contributed by atoms with Crippen molar-refractivity contribution in [3.63, 3.8) is 0 Å². The van der Waals surface area contributed by atoms with Crippen molar-refractivity contribution in [2.24, 2.45) is 23.5 Å². The SMILES string of the molecule is N#C/C=C1\CC(N)(C(=O)O)C2C(C(=O)O)C12. The van der Waals surface area contributed by atoms with Crippen molar-refractivity contribution in [2.45, 2.75) is 12.0 Å². The Bertz CT molecular complexity index is 450. The van der Waals surface area contributed by atoms with Gasteiger partial charge < -0.3 is 15.9 Å². The molecule has 0 aromatic heterocycles. The molecule has 2 rings (SSSR count). The van der Waals surface area contributed by atoms with E-state index in [1.807, 2.05) is 0 Å². The van der Waals surface area contributed by atoms with Gasteiger partial charge in [0.15, 0.2) is 0 Å². The van der Waals surface area contributed by atoms with Gasteiger partial charge in [-0.2, -0.15) is 5.26 Å². The molecule has 16 heavy (non-hydrogen) atoms. The van der Waals surface area contributed by atoms with E-state index >= 15 is 0 Å². The fourth-order valence-electron chi connectivity index (χ4n) is 2.74. The molecule has 4 unspecified atom stereocenters. The highest BCUT2D eigenvalue weighted by Crippen LogP contribution is 2.63. The summed E-state index contributed by atoms with van der Waals surface area (Å²) in [5, 5.41) is 26.5. The number of carbonyl (C=O) groups is 2. The summed E-state index contributed by atoms with van der Waals surface area (Å²) < 4.78 is 0. The summed E-state index contributed by atoms with van der Waals surface area (Å²) >= 11 is 0. The first-order chi connectivity index (χ1) is 7.43. The average Bonchev–Trinajstić information content (AvgIpc) is 2.85. The Morgan fingerprint density at radius 1 is 1.56 bits per heavy atom. The van der Waals surface area contributed by atoms with Crippen molar-refractivity contribution >= 4 is 11.9 Å². The normalized spacial score (nSPS) is 42.5. The molecule has 0 heterocycles. The molecule has 2 saturated carbocycles. The maximum absolute atomic E-state index is 11.1. The Balaban J connectivity index is 2.37. The highest BCUT2D eigenvalue weighted by atomic mass is 16.4. The van der Waals surface area contributed by atoms with E-state index in [0.29, 0.717) is 5.57 Å². The van der Waals surface area contributed by atoms with E-state index in [1.165, 1.54) is 6.08 Å². The lowest BCUT2D eigenvalue weighted by Crippen LogP contribution is -2.49. The minimum Gasteiger partial charge on any atom is -0.481 e. The number of nitrogens with zero attached hydrogens (tertiary/aromatic N) is 1. The number of fused-ring (bicyclic) bond motifs is 1. The molecule has 0 radical (unpaired) electrons. The molecule has 2 aliphatic carbocycles. The summed E-state index contributed by atoms with van der Waals surface area (Å²) in [6.45, 7) is 0. The van der Waals surface area contributed by atoms with Crippen LogP contribution in [0.5, 0.6) is 0 Å². The number of carboxylic acid groups (broad SMARTS) is 2. The van der Waals surface area contributed by atoms with E-state index in [0.717, 1.165) is 0 Å². The van der Waals surface area contributed by atoms with Gasteiger partial charge in [0.1, 0.15) is 5.54 Å². The van der Waals surface area contributed by atoms with E-state index in [2.05, 4.69) is 0 Å². The van der Waals surface area contributed by atoms with E-state index in [-0.39, 0.29) is 12.3 Å². The lowest BCUT2D eigenvalue weighted by atomic mass is 9.90. The molecular weight excluding hydrogens is 212 g/mol. The number of carboxylic acids is 2. The first-order valence-corrected chi connectivity index (χ1v) is 4.77. The molecule has 0 aromatic rings. The maximum atomic E-state index is 11.1. The zero-order chi connectivity index (χ0) is 12.1. The van der Waals surface area contributed by atoms with Crippen LogP contribution < -0.4 is 5.73 Å². The summed E-state index contributed by atoms with van der Waals surface area (Å²) in [6, 6.07) is 1.80. The van der Waals surface area contributed by atoms with Crippen molar-refractivity contribution in [1.82, 2.24) is 0 Å². The van der Waals surface area contributed by atoms with Crippen LogP contribution in [-0.4, -0.2) is 27.7 Å². The van der Waals surface area contributed by atoms with Crippen LogP contribution in [-0.2, 0) is 9.59 Å². The number of rotatable bonds is 2. The lowest BCUT2D eigenvalue weighted by Gasteiger charge is -2.21. The number of hydrogen-bond acceptors (Lipinski definition) is 4. The van der Waals surface area contributed by atoms with Gasteiger partial charge in [-0.3, -0.25) is 9.59 Å². The lowest BCUT2D eigenvalue weighted by molar-refractivity contribution is -0.145. The van der Waals surface area contributed by atoms with Gasteiger partial charge in [-0.15, -0.1) is 0 Å². The van der Waals surface area contributed by atoms with Gasteiger partial charge >= 0.3 is 11.9 Å². The van der Waals surface area contributed by atoms with Crippen molar-refractivity contribution in [3.8, 4) is 6.07 Å². The van der Waals surface area contributed by atoms with Crippen LogP contribution in [0.4, 0.5) is 0 Å². The number of nitriles is 1. The molecule has 4 atom stereocenters. The van der Waals surface area contributed by atoms with Crippen LogP contribution in [0, 0.1) is 29.1 Å². The molecule has 0 aromatic carbocycles. The Morgan fingerprint density at radius 2 is 2.19 bits per heavy atom. The molecule has 2 fully saturated rings. The van der Waals surface area contributed by atoms with Crippen molar-refractivity contribution in [3.05, 3.63) is 11.6 Å². The van der Waals surface area contributed by atoms with Gasteiger partial charge in [0.25, 0.3) is 0 Å². The molecule has 6 nitrogen and oxygen atoms in total. The largest absolute Gasteiger partial charge is 0.481 e. The van der Waals surface area contributed by atoms with Crippen LogP contribution in [0.3, 0.4) is 0 Å². The Labute approximate surface area is 91.0 Å². The van der Waals surface area contributed by atoms with Crippen molar-refractivity contribution < 1.29 is 19.8 Å². The molecule has 2 aliphatic rings. The average molecular weight is 222 g/mol. The first kappa shape index (κ1) is 10.6. The fraction of sp³-hybridized carbons (Fsp3) is 0.500. The van der Waals surface area contributed by atoms with Crippen LogP contribution in [0.15, 0.2) is 11.6 Å². The quantitative estimate of drug-likeness (QED) is 0.544. The van der Waals surface area contributed by atoms with E-state index < -0.39 is 29.3 Å². The Morgan fingerprint density at radius 3 is 2.62 bits per heavy atom. The topological polar surface area (TPSA) is 124 Å². The number of aliphatic carboxylic acids is 2. The summed E-state index contributed by atoms with van der Waals surface area (Å²) in [6.07, 6.45) is 1.28. The van der Waals surface area contributed by atoms with Crippen LogP contribution in [0.2, 0.25) is 0 Å². The molecule has 84 valence electrons. The van der Waals surface area contributed by atoms with Crippen LogP contribution in [0.1, 0.15) is 6.42 Å². The van der Waals surface area contributed by atoms with Crippen LogP contribution in [0.25, 0.3) is 0 Å². The highest BCUT2D eigenvalue weighted by molar-refractivity contribution is 5.87. The molecule has 0 amide bonds. The molecular formula is C10H10N2O4. The highest BCUT2D eigenvalue weighted by Gasteiger charge is 2.72. The molecule has 4 N–H and O–H groups in total. The Hall–Kier alpha value is -1.87. The monoisotopic (exact) mass is 222 g/mol.